The Labute approximate surface area is 138 Å². The Morgan fingerprint density at radius 1 is 1.09 bits per heavy atom. The van der Waals surface area contributed by atoms with Crippen LogP contribution in [0.3, 0.4) is 0 Å². The number of aromatic nitrogens is 2. The Bertz CT molecular complexity index is 932. The Hall–Kier alpha value is -1.99. The van der Waals surface area contributed by atoms with E-state index in [4.69, 9.17) is 0 Å². The molecule has 1 saturated carbocycles. The molecule has 2 heterocycles. The Morgan fingerprint density at radius 2 is 1.87 bits per heavy atom. The predicted molar refractivity (Wildman–Crippen MR) is 91.5 cm³/mol. The molecular weight excluding hydrogens is 330 g/mol. The van der Waals surface area contributed by atoms with Crippen LogP contribution in [0.25, 0.3) is 10.2 Å². The molecule has 3 aromatic rings. The minimum Gasteiger partial charge on any atom is -0.366 e. The standard InChI is InChI=1S/C16H15N3O2S2/c20-23(21,12-4-2-1-3-5-12)13-8-11(9-13)19-16-15-14(6-7-22-15)17-10-18-16/h1-7,10-11,13H,8-9H2,(H,17,18,19). The number of fused-ring (bicyclic) bond motifs is 1. The highest BCUT2D eigenvalue weighted by Crippen LogP contribution is 2.35. The van der Waals surface area contributed by atoms with E-state index in [1.54, 1.807) is 35.6 Å². The molecule has 0 saturated heterocycles. The zero-order valence-corrected chi connectivity index (χ0v) is 13.8. The molecule has 0 radical (unpaired) electrons. The topological polar surface area (TPSA) is 72.0 Å². The van der Waals surface area contributed by atoms with E-state index in [1.165, 1.54) is 6.33 Å². The molecule has 0 spiro atoms. The first kappa shape index (κ1) is 14.6. The highest BCUT2D eigenvalue weighted by atomic mass is 32.2. The molecule has 0 amide bonds. The number of anilines is 1. The first-order valence-electron chi connectivity index (χ1n) is 7.38. The fraction of sp³-hybridized carbons (Fsp3) is 0.250. The molecule has 0 atom stereocenters. The predicted octanol–water partition coefficient (Wildman–Crippen LogP) is 3.11. The summed E-state index contributed by atoms with van der Waals surface area (Å²) < 4.78 is 26.1. The molecule has 1 fully saturated rings. The third-order valence-electron chi connectivity index (χ3n) is 4.19. The molecule has 7 heteroatoms. The second kappa shape index (κ2) is 5.58. The van der Waals surface area contributed by atoms with Crippen LogP contribution >= 0.6 is 11.3 Å². The van der Waals surface area contributed by atoms with Crippen molar-refractivity contribution in [1.82, 2.24) is 9.97 Å². The summed E-state index contributed by atoms with van der Waals surface area (Å²) in [5, 5.41) is 5.02. The van der Waals surface area contributed by atoms with Gasteiger partial charge in [0, 0.05) is 6.04 Å². The highest BCUT2D eigenvalue weighted by molar-refractivity contribution is 7.92. The number of nitrogens with one attached hydrogen (secondary N) is 1. The third-order valence-corrected chi connectivity index (χ3v) is 7.29. The monoisotopic (exact) mass is 345 g/mol. The number of benzene rings is 1. The van der Waals surface area contributed by atoms with Crippen LogP contribution in [0.5, 0.6) is 0 Å². The number of thiophene rings is 1. The molecule has 118 valence electrons. The van der Waals surface area contributed by atoms with Crippen molar-refractivity contribution in [2.45, 2.75) is 29.0 Å². The largest absolute Gasteiger partial charge is 0.366 e. The molecule has 5 nitrogen and oxygen atoms in total. The van der Waals surface area contributed by atoms with Gasteiger partial charge in [0.15, 0.2) is 9.84 Å². The maximum absolute atomic E-state index is 12.5. The van der Waals surface area contributed by atoms with E-state index in [9.17, 15) is 8.42 Å². The summed E-state index contributed by atoms with van der Waals surface area (Å²) in [6.45, 7) is 0. The average molecular weight is 345 g/mol. The third kappa shape index (κ3) is 2.60. The van der Waals surface area contributed by atoms with Crippen molar-refractivity contribution >= 4 is 37.2 Å². The summed E-state index contributed by atoms with van der Waals surface area (Å²) in [6, 6.07) is 10.8. The summed E-state index contributed by atoms with van der Waals surface area (Å²) in [5.41, 5.74) is 0.917. The van der Waals surface area contributed by atoms with Crippen LogP contribution in [0.4, 0.5) is 5.82 Å². The van der Waals surface area contributed by atoms with Crippen molar-refractivity contribution in [2.24, 2.45) is 0 Å². The van der Waals surface area contributed by atoms with Gasteiger partial charge in [0.2, 0.25) is 0 Å². The van der Waals surface area contributed by atoms with Crippen LogP contribution in [0.2, 0.25) is 0 Å². The van der Waals surface area contributed by atoms with Crippen molar-refractivity contribution in [1.29, 1.82) is 0 Å². The Kier molecular flexibility index (Phi) is 3.54. The van der Waals surface area contributed by atoms with Crippen molar-refractivity contribution in [3.05, 3.63) is 48.1 Å². The van der Waals surface area contributed by atoms with E-state index in [2.05, 4.69) is 15.3 Å². The molecule has 1 aromatic carbocycles. The molecule has 1 N–H and O–H groups in total. The summed E-state index contributed by atoms with van der Waals surface area (Å²) >= 11 is 1.59. The van der Waals surface area contributed by atoms with Gasteiger partial charge in [-0.05, 0) is 36.4 Å². The van der Waals surface area contributed by atoms with E-state index in [0.717, 1.165) is 16.0 Å². The van der Waals surface area contributed by atoms with Crippen LogP contribution in [0.1, 0.15) is 12.8 Å². The second-order valence-electron chi connectivity index (χ2n) is 5.65. The minimum atomic E-state index is -3.23. The highest BCUT2D eigenvalue weighted by Gasteiger charge is 2.39. The van der Waals surface area contributed by atoms with Gasteiger partial charge in [-0.15, -0.1) is 11.3 Å². The van der Waals surface area contributed by atoms with Crippen LogP contribution < -0.4 is 5.32 Å². The number of rotatable bonds is 4. The number of hydrogen-bond acceptors (Lipinski definition) is 6. The summed E-state index contributed by atoms with van der Waals surface area (Å²) in [7, 11) is -3.23. The first-order valence-corrected chi connectivity index (χ1v) is 9.81. The minimum absolute atomic E-state index is 0.138. The van der Waals surface area contributed by atoms with Crippen molar-refractivity contribution < 1.29 is 8.42 Å². The normalized spacial score (nSPS) is 21.0. The van der Waals surface area contributed by atoms with Crippen LogP contribution in [-0.2, 0) is 9.84 Å². The lowest BCUT2D eigenvalue weighted by Crippen LogP contribution is -2.44. The zero-order valence-electron chi connectivity index (χ0n) is 12.2. The van der Waals surface area contributed by atoms with Crippen LogP contribution in [-0.4, -0.2) is 29.7 Å². The summed E-state index contributed by atoms with van der Waals surface area (Å²) in [4.78, 5) is 8.90. The van der Waals surface area contributed by atoms with Gasteiger partial charge in [0.25, 0.3) is 0 Å². The number of hydrogen-bond donors (Lipinski definition) is 1. The van der Waals surface area contributed by atoms with Crippen molar-refractivity contribution in [3.8, 4) is 0 Å². The zero-order chi connectivity index (χ0) is 15.9. The van der Waals surface area contributed by atoms with Gasteiger partial charge >= 0.3 is 0 Å². The molecule has 0 aliphatic heterocycles. The van der Waals surface area contributed by atoms with Gasteiger partial charge in [-0.1, -0.05) is 18.2 Å². The molecule has 0 bridgehead atoms. The molecule has 1 aliphatic rings. The maximum Gasteiger partial charge on any atom is 0.181 e. The van der Waals surface area contributed by atoms with Gasteiger partial charge < -0.3 is 5.32 Å². The lowest BCUT2D eigenvalue weighted by molar-refractivity contribution is 0.432. The van der Waals surface area contributed by atoms with E-state index < -0.39 is 9.84 Å². The molecule has 23 heavy (non-hydrogen) atoms. The number of sulfone groups is 1. The van der Waals surface area contributed by atoms with E-state index in [-0.39, 0.29) is 11.3 Å². The number of nitrogens with zero attached hydrogens (tertiary/aromatic N) is 2. The lowest BCUT2D eigenvalue weighted by Gasteiger charge is -2.35. The van der Waals surface area contributed by atoms with E-state index >= 15 is 0 Å². The summed E-state index contributed by atoms with van der Waals surface area (Å²) in [6.07, 6.45) is 2.75. The first-order chi connectivity index (χ1) is 11.1. The molecule has 2 aromatic heterocycles. The average Bonchev–Trinajstić information content (AvgIpc) is 3.00. The van der Waals surface area contributed by atoms with Crippen molar-refractivity contribution in [3.63, 3.8) is 0 Å². The summed E-state index contributed by atoms with van der Waals surface area (Å²) in [5.74, 6) is 0.797. The van der Waals surface area contributed by atoms with Crippen LogP contribution in [0, 0.1) is 0 Å². The lowest BCUT2D eigenvalue weighted by atomic mass is 9.92. The van der Waals surface area contributed by atoms with Crippen LogP contribution in [0.15, 0.2) is 53.0 Å². The molecule has 4 rings (SSSR count). The van der Waals surface area contributed by atoms with Gasteiger partial charge in [-0.25, -0.2) is 18.4 Å². The Balaban J connectivity index is 1.47. The maximum atomic E-state index is 12.5. The van der Waals surface area contributed by atoms with Gasteiger partial charge in [0.05, 0.1) is 20.4 Å². The fourth-order valence-electron chi connectivity index (χ4n) is 2.82. The molecule has 0 unspecified atom stereocenters. The van der Waals surface area contributed by atoms with E-state index in [0.29, 0.717) is 17.7 Å². The van der Waals surface area contributed by atoms with Gasteiger partial charge in [-0.3, -0.25) is 0 Å². The van der Waals surface area contributed by atoms with E-state index in [1.807, 2.05) is 17.5 Å². The quantitative estimate of drug-likeness (QED) is 0.786. The fourth-order valence-corrected chi connectivity index (χ4v) is 5.51. The van der Waals surface area contributed by atoms with Crippen molar-refractivity contribution in [2.75, 3.05) is 5.32 Å². The smallest absolute Gasteiger partial charge is 0.181 e. The molecule has 1 aliphatic carbocycles. The van der Waals surface area contributed by atoms with Gasteiger partial charge in [-0.2, -0.15) is 0 Å². The SMILES string of the molecule is O=S(=O)(c1ccccc1)C1CC(Nc2ncnc3ccsc23)C1. The Morgan fingerprint density at radius 3 is 2.65 bits per heavy atom. The van der Waals surface area contributed by atoms with Gasteiger partial charge in [0.1, 0.15) is 12.1 Å². The second-order valence-corrected chi connectivity index (χ2v) is 8.79. The molecular formula is C16H15N3O2S2.